The molecule has 0 heterocycles. The van der Waals surface area contributed by atoms with E-state index in [4.69, 9.17) is 16.3 Å². The molecule has 0 aliphatic heterocycles. The zero-order chi connectivity index (χ0) is 31.0. The molecule has 0 spiro atoms. The first-order valence-electron chi connectivity index (χ1n) is 14.7. The van der Waals surface area contributed by atoms with Crippen molar-refractivity contribution in [3.8, 4) is 5.75 Å². The van der Waals surface area contributed by atoms with Crippen LogP contribution in [0.15, 0.2) is 77.7 Å². The number of amides is 2. The van der Waals surface area contributed by atoms with Gasteiger partial charge in [0, 0.05) is 17.6 Å². The molecule has 0 radical (unpaired) electrons. The van der Waals surface area contributed by atoms with Crippen LogP contribution in [0.2, 0.25) is 5.02 Å². The van der Waals surface area contributed by atoms with E-state index in [0.717, 1.165) is 42.0 Å². The van der Waals surface area contributed by atoms with E-state index in [1.165, 1.54) is 29.2 Å². The quantitative estimate of drug-likeness (QED) is 0.262. The van der Waals surface area contributed by atoms with Crippen LogP contribution in [-0.2, 0) is 26.2 Å². The van der Waals surface area contributed by atoms with Crippen LogP contribution >= 0.6 is 11.6 Å². The lowest BCUT2D eigenvalue weighted by Gasteiger charge is -2.34. The van der Waals surface area contributed by atoms with Crippen LogP contribution in [0.5, 0.6) is 5.75 Å². The topological polar surface area (TPSA) is 96.0 Å². The van der Waals surface area contributed by atoms with Crippen LogP contribution in [0.1, 0.15) is 56.6 Å². The van der Waals surface area contributed by atoms with Gasteiger partial charge in [-0.25, -0.2) is 8.42 Å². The Morgan fingerprint density at radius 2 is 1.63 bits per heavy atom. The highest BCUT2D eigenvalue weighted by Crippen LogP contribution is 2.28. The molecule has 2 amide bonds. The minimum absolute atomic E-state index is 0.0109. The van der Waals surface area contributed by atoms with Crippen molar-refractivity contribution in [2.75, 3.05) is 18.0 Å². The Labute approximate surface area is 260 Å². The predicted molar refractivity (Wildman–Crippen MR) is 170 cm³/mol. The number of aryl methyl sites for hydroxylation is 1. The summed E-state index contributed by atoms with van der Waals surface area (Å²) in [6.45, 7) is 3.30. The van der Waals surface area contributed by atoms with Gasteiger partial charge in [0.15, 0.2) is 0 Å². The van der Waals surface area contributed by atoms with E-state index in [0.29, 0.717) is 28.4 Å². The summed E-state index contributed by atoms with van der Waals surface area (Å²) < 4.78 is 34.5. The average Bonchev–Trinajstić information content (AvgIpc) is 3.01. The molecule has 1 N–H and O–H groups in total. The molecule has 1 saturated carbocycles. The number of nitrogens with one attached hydrogen (secondary N) is 1. The Morgan fingerprint density at radius 3 is 2.23 bits per heavy atom. The van der Waals surface area contributed by atoms with Crippen LogP contribution in [0, 0.1) is 6.92 Å². The van der Waals surface area contributed by atoms with Gasteiger partial charge in [-0.2, -0.15) is 0 Å². The second kappa shape index (κ2) is 14.8. The van der Waals surface area contributed by atoms with Gasteiger partial charge in [-0.05, 0) is 79.8 Å². The van der Waals surface area contributed by atoms with Gasteiger partial charge in [-0.3, -0.25) is 13.9 Å². The summed E-state index contributed by atoms with van der Waals surface area (Å²) in [4.78, 5) is 29.5. The molecule has 3 aromatic rings. The number of carbonyl (C=O) groups excluding carboxylic acids is 2. The van der Waals surface area contributed by atoms with Crippen molar-refractivity contribution in [3.05, 3.63) is 88.9 Å². The van der Waals surface area contributed by atoms with E-state index < -0.39 is 28.5 Å². The molecule has 1 atom stereocenters. The summed E-state index contributed by atoms with van der Waals surface area (Å²) in [6.07, 6.45) is 5.47. The van der Waals surface area contributed by atoms with Crippen molar-refractivity contribution in [1.82, 2.24) is 10.2 Å². The number of rotatable bonds is 12. The van der Waals surface area contributed by atoms with E-state index in [1.807, 2.05) is 25.1 Å². The number of anilines is 1. The van der Waals surface area contributed by atoms with Crippen LogP contribution in [0.4, 0.5) is 5.69 Å². The Kier molecular flexibility index (Phi) is 11.1. The van der Waals surface area contributed by atoms with Crippen molar-refractivity contribution in [3.63, 3.8) is 0 Å². The molecule has 230 valence electrons. The Morgan fingerprint density at radius 1 is 0.977 bits per heavy atom. The summed E-state index contributed by atoms with van der Waals surface area (Å²) in [5, 5.41) is 3.57. The maximum atomic E-state index is 14.3. The normalized spacial score (nSPS) is 14.5. The van der Waals surface area contributed by atoms with Crippen molar-refractivity contribution < 1.29 is 22.7 Å². The maximum Gasteiger partial charge on any atom is 0.264 e. The van der Waals surface area contributed by atoms with Gasteiger partial charge in [0.1, 0.15) is 18.3 Å². The monoisotopic (exact) mass is 625 g/mol. The van der Waals surface area contributed by atoms with Gasteiger partial charge in [-0.15, -0.1) is 0 Å². The van der Waals surface area contributed by atoms with Crippen LogP contribution in [-0.4, -0.2) is 50.9 Å². The predicted octanol–water partition coefficient (Wildman–Crippen LogP) is 6.11. The minimum Gasteiger partial charge on any atom is -0.497 e. The van der Waals surface area contributed by atoms with Gasteiger partial charge in [0.25, 0.3) is 10.0 Å². The first-order chi connectivity index (χ1) is 20.6. The van der Waals surface area contributed by atoms with Gasteiger partial charge in [-0.1, -0.05) is 68.1 Å². The summed E-state index contributed by atoms with van der Waals surface area (Å²) >= 11 is 6.04. The minimum atomic E-state index is -4.17. The molecule has 1 aliphatic rings. The average molecular weight is 626 g/mol. The smallest absolute Gasteiger partial charge is 0.264 e. The first-order valence-corrected chi connectivity index (χ1v) is 16.5. The molecule has 43 heavy (non-hydrogen) atoms. The van der Waals surface area contributed by atoms with Crippen LogP contribution in [0.3, 0.4) is 0 Å². The fourth-order valence-electron chi connectivity index (χ4n) is 5.48. The number of halogens is 1. The first kappa shape index (κ1) is 32.4. The van der Waals surface area contributed by atoms with Gasteiger partial charge in [0.2, 0.25) is 11.8 Å². The maximum absolute atomic E-state index is 14.3. The number of sulfonamides is 1. The van der Waals surface area contributed by atoms with E-state index in [2.05, 4.69) is 5.32 Å². The second-order valence-electron chi connectivity index (χ2n) is 10.9. The van der Waals surface area contributed by atoms with E-state index in [-0.39, 0.29) is 23.4 Å². The summed E-state index contributed by atoms with van der Waals surface area (Å²) in [5.74, 6) is -0.0370. The zero-order valence-electron chi connectivity index (χ0n) is 25.0. The van der Waals surface area contributed by atoms with Gasteiger partial charge in [0.05, 0.1) is 17.7 Å². The van der Waals surface area contributed by atoms with Gasteiger partial charge >= 0.3 is 0 Å². The Bertz CT molecular complexity index is 1490. The van der Waals surface area contributed by atoms with Crippen LogP contribution < -0.4 is 14.4 Å². The number of nitrogens with zero attached hydrogens (tertiary/aromatic N) is 2. The number of methoxy groups -OCH3 is 1. The fraction of sp³-hybridized carbons (Fsp3) is 0.394. The highest BCUT2D eigenvalue weighted by atomic mass is 35.5. The highest BCUT2D eigenvalue weighted by Gasteiger charge is 2.34. The molecule has 0 unspecified atom stereocenters. The number of benzene rings is 3. The molecule has 4 rings (SSSR count). The number of hydrogen-bond donors (Lipinski definition) is 1. The van der Waals surface area contributed by atoms with Gasteiger partial charge < -0.3 is 15.0 Å². The lowest BCUT2D eigenvalue weighted by molar-refractivity contribution is -0.140. The Hall–Kier alpha value is -3.56. The van der Waals surface area contributed by atoms with Crippen molar-refractivity contribution in [2.24, 2.45) is 0 Å². The molecule has 10 heteroatoms. The standard InChI is InChI=1S/C33H40ClN3O5S/c1-4-30(33(39)35-27-11-6-5-7-12-27)36(22-25-14-18-28(42-3)19-15-25)32(38)23-37(31-13-9-8-10-24(31)2)43(40,41)29-20-16-26(34)17-21-29/h8-10,13-21,27,30H,4-7,11-12,22-23H2,1-3H3,(H,35,39)/t30-/m1/s1. The fourth-order valence-corrected chi connectivity index (χ4v) is 7.09. The van der Waals surface area contributed by atoms with E-state index in [9.17, 15) is 18.0 Å². The number of para-hydroxylation sites is 1. The number of ether oxygens (including phenoxy) is 1. The molecule has 0 bridgehead atoms. The molecule has 1 fully saturated rings. The highest BCUT2D eigenvalue weighted by molar-refractivity contribution is 7.92. The number of hydrogen-bond acceptors (Lipinski definition) is 5. The lowest BCUT2D eigenvalue weighted by atomic mass is 9.95. The molecule has 0 saturated heterocycles. The molecule has 1 aliphatic carbocycles. The summed E-state index contributed by atoms with van der Waals surface area (Å²) in [7, 11) is -2.59. The summed E-state index contributed by atoms with van der Waals surface area (Å²) in [6, 6.07) is 19.4. The third kappa shape index (κ3) is 8.09. The Balaban J connectivity index is 1.71. The SMILES string of the molecule is CC[C@H](C(=O)NC1CCCCC1)N(Cc1ccc(OC)cc1)C(=O)CN(c1ccccc1C)S(=O)(=O)c1ccc(Cl)cc1. The molecule has 0 aromatic heterocycles. The largest absolute Gasteiger partial charge is 0.497 e. The molecular weight excluding hydrogens is 586 g/mol. The van der Waals surface area contributed by atoms with Crippen molar-refractivity contribution in [1.29, 1.82) is 0 Å². The molecule has 8 nitrogen and oxygen atoms in total. The third-order valence-electron chi connectivity index (χ3n) is 7.91. The van der Waals surface area contributed by atoms with Crippen molar-refractivity contribution >= 4 is 39.1 Å². The van der Waals surface area contributed by atoms with Crippen molar-refractivity contribution in [2.45, 2.75) is 75.9 Å². The number of carbonyl (C=O) groups is 2. The third-order valence-corrected chi connectivity index (χ3v) is 9.94. The second-order valence-corrected chi connectivity index (χ2v) is 13.2. The van der Waals surface area contributed by atoms with E-state index >= 15 is 0 Å². The zero-order valence-corrected chi connectivity index (χ0v) is 26.5. The van der Waals surface area contributed by atoms with E-state index in [1.54, 1.807) is 44.4 Å². The summed E-state index contributed by atoms with van der Waals surface area (Å²) in [5.41, 5.74) is 1.87. The van der Waals surface area contributed by atoms with Crippen LogP contribution in [0.25, 0.3) is 0 Å². The molecule has 3 aromatic carbocycles. The lowest BCUT2D eigenvalue weighted by Crippen LogP contribution is -2.54. The molecular formula is C33H40ClN3O5S.